The van der Waals surface area contributed by atoms with Gasteiger partial charge in [0.15, 0.2) is 0 Å². The summed E-state index contributed by atoms with van der Waals surface area (Å²) < 4.78 is 0. The fourth-order valence-corrected chi connectivity index (χ4v) is 2.55. The molecule has 0 amide bonds. The fourth-order valence-electron chi connectivity index (χ4n) is 2.55. The highest BCUT2D eigenvalue weighted by atomic mass is 15.1. The summed E-state index contributed by atoms with van der Waals surface area (Å²) in [5.74, 6) is 0. The van der Waals surface area contributed by atoms with Gasteiger partial charge < -0.3 is 10.2 Å². The molecule has 0 aliphatic rings. The van der Waals surface area contributed by atoms with Crippen LogP contribution in [0.25, 0.3) is 0 Å². The van der Waals surface area contributed by atoms with Crippen LogP contribution >= 0.6 is 0 Å². The van der Waals surface area contributed by atoms with Crippen molar-refractivity contribution in [2.75, 3.05) is 26.2 Å². The molecule has 0 aromatic heterocycles. The van der Waals surface area contributed by atoms with Crippen molar-refractivity contribution in [1.29, 1.82) is 0 Å². The number of likely N-dealkylation sites (N-methyl/N-ethyl adjacent to an activating group) is 1. The van der Waals surface area contributed by atoms with E-state index in [0.29, 0.717) is 6.04 Å². The first-order valence-electron chi connectivity index (χ1n) is 8.29. The second-order valence-corrected chi connectivity index (χ2v) is 5.48. The van der Waals surface area contributed by atoms with Gasteiger partial charge >= 0.3 is 0 Å². The minimum atomic E-state index is 0.450. The van der Waals surface area contributed by atoms with Crippen molar-refractivity contribution in [1.82, 2.24) is 10.2 Å². The average Bonchev–Trinajstić information content (AvgIpc) is 2.49. The van der Waals surface area contributed by atoms with Gasteiger partial charge in [0.05, 0.1) is 0 Å². The molecule has 0 bridgehead atoms. The molecule has 2 heteroatoms. The number of nitrogens with zero attached hydrogens (tertiary/aromatic N) is 1. The zero-order valence-electron chi connectivity index (χ0n) is 13.8. The van der Waals surface area contributed by atoms with E-state index in [-0.39, 0.29) is 0 Å². The van der Waals surface area contributed by atoms with E-state index >= 15 is 0 Å². The third kappa shape index (κ3) is 5.64. The highest BCUT2D eigenvalue weighted by molar-refractivity contribution is 5.25. The summed E-state index contributed by atoms with van der Waals surface area (Å²) in [6, 6.07) is 9.65. The maximum atomic E-state index is 3.69. The maximum Gasteiger partial charge on any atom is 0.0449 e. The molecular weight excluding hydrogens is 244 g/mol. The van der Waals surface area contributed by atoms with E-state index in [1.807, 2.05) is 0 Å². The minimum absolute atomic E-state index is 0.450. The van der Waals surface area contributed by atoms with Gasteiger partial charge in [-0.2, -0.15) is 0 Å². The first-order valence-corrected chi connectivity index (χ1v) is 8.29. The van der Waals surface area contributed by atoms with Gasteiger partial charge in [0.2, 0.25) is 0 Å². The molecule has 1 rings (SSSR count). The molecule has 0 heterocycles. The number of rotatable bonds is 10. The van der Waals surface area contributed by atoms with E-state index < -0.39 is 0 Å². The first-order chi connectivity index (χ1) is 9.74. The summed E-state index contributed by atoms with van der Waals surface area (Å²) in [4.78, 5) is 2.49. The number of benzene rings is 1. The molecule has 0 saturated carbocycles. The third-order valence-electron chi connectivity index (χ3n) is 3.90. The molecule has 114 valence electrons. The molecule has 1 unspecified atom stereocenters. The molecule has 0 radical (unpaired) electrons. The predicted molar refractivity (Wildman–Crippen MR) is 89.3 cm³/mol. The van der Waals surface area contributed by atoms with E-state index in [4.69, 9.17) is 0 Å². The zero-order valence-corrected chi connectivity index (χ0v) is 13.8. The quantitative estimate of drug-likeness (QED) is 0.694. The average molecular weight is 276 g/mol. The van der Waals surface area contributed by atoms with Crippen LogP contribution in [0.1, 0.15) is 57.7 Å². The SMILES string of the molecule is CCCNC(CN(CC)CC)c1ccc(CCC)cc1. The second-order valence-electron chi connectivity index (χ2n) is 5.48. The van der Waals surface area contributed by atoms with Crippen molar-refractivity contribution >= 4 is 0 Å². The molecule has 20 heavy (non-hydrogen) atoms. The maximum absolute atomic E-state index is 3.69. The molecule has 0 spiro atoms. The Labute approximate surface area is 125 Å². The van der Waals surface area contributed by atoms with Crippen LogP contribution in [0.15, 0.2) is 24.3 Å². The van der Waals surface area contributed by atoms with Crippen LogP contribution in [0.3, 0.4) is 0 Å². The molecule has 1 N–H and O–H groups in total. The van der Waals surface area contributed by atoms with Crippen LogP contribution < -0.4 is 5.32 Å². The topological polar surface area (TPSA) is 15.3 Å². The van der Waals surface area contributed by atoms with Crippen molar-refractivity contribution in [2.24, 2.45) is 0 Å². The van der Waals surface area contributed by atoms with Crippen molar-refractivity contribution < 1.29 is 0 Å². The van der Waals surface area contributed by atoms with Gasteiger partial charge in [-0.05, 0) is 43.6 Å². The van der Waals surface area contributed by atoms with Crippen LogP contribution in [0.4, 0.5) is 0 Å². The molecule has 1 atom stereocenters. The standard InChI is InChI=1S/C18H32N2/c1-5-9-16-10-12-17(13-11-16)18(19-14-6-2)15-20(7-3)8-4/h10-13,18-19H,5-9,14-15H2,1-4H3. The van der Waals surface area contributed by atoms with Crippen molar-refractivity contribution in [2.45, 2.75) is 53.0 Å². The van der Waals surface area contributed by atoms with Crippen LogP contribution in [-0.4, -0.2) is 31.1 Å². The molecule has 1 aromatic rings. The van der Waals surface area contributed by atoms with E-state index in [1.54, 1.807) is 0 Å². The van der Waals surface area contributed by atoms with Gasteiger partial charge in [0.25, 0.3) is 0 Å². The van der Waals surface area contributed by atoms with Gasteiger partial charge in [-0.3, -0.25) is 0 Å². The van der Waals surface area contributed by atoms with Crippen LogP contribution in [0.2, 0.25) is 0 Å². The Hall–Kier alpha value is -0.860. The lowest BCUT2D eigenvalue weighted by Crippen LogP contribution is -2.35. The Morgan fingerprint density at radius 1 is 0.950 bits per heavy atom. The lowest BCUT2D eigenvalue weighted by Gasteiger charge is -2.26. The number of aryl methyl sites for hydroxylation is 1. The van der Waals surface area contributed by atoms with Gasteiger partial charge in [-0.15, -0.1) is 0 Å². The highest BCUT2D eigenvalue weighted by Gasteiger charge is 2.13. The number of hydrogen-bond donors (Lipinski definition) is 1. The molecule has 0 fully saturated rings. The minimum Gasteiger partial charge on any atom is -0.309 e. The highest BCUT2D eigenvalue weighted by Crippen LogP contribution is 2.16. The van der Waals surface area contributed by atoms with E-state index in [1.165, 1.54) is 30.4 Å². The van der Waals surface area contributed by atoms with Crippen LogP contribution in [0.5, 0.6) is 0 Å². The summed E-state index contributed by atoms with van der Waals surface area (Å²) in [6.45, 7) is 13.4. The molecule has 0 aliphatic carbocycles. The van der Waals surface area contributed by atoms with E-state index in [2.05, 4.69) is 62.2 Å². The van der Waals surface area contributed by atoms with Gasteiger partial charge in [-0.1, -0.05) is 58.4 Å². The smallest absolute Gasteiger partial charge is 0.0449 e. The van der Waals surface area contributed by atoms with Crippen LogP contribution in [0, 0.1) is 0 Å². The molecule has 0 aliphatic heterocycles. The van der Waals surface area contributed by atoms with E-state index in [0.717, 1.165) is 26.2 Å². The van der Waals surface area contributed by atoms with Gasteiger partial charge in [0.1, 0.15) is 0 Å². The van der Waals surface area contributed by atoms with Crippen molar-refractivity contribution in [3.8, 4) is 0 Å². The fraction of sp³-hybridized carbons (Fsp3) is 0.667. The van der Waals surface area contributed by atoms with Gasteiger partial charge in [-0.25, -0.2) is 0 Å². The Bertz CT molecular complexity index is 341. The van der Waals surface area contributed by atoms with Gasteiger partial charge in [0, 0.05) is 12.6 Å². The third-order valence-corrected chi connectivity index (χ3v) is 3.90. The Morgan fingerprint density at radius 2 is 1.60 bits per heavy atom. The summed E-state index contributed by atoms with van der Waals surface area (Å²) in [7, 11) is 0. The molecule has 1 aromatic carbocycles. The summed E-state index contributed by atoms with van der Waals surface area (Å²) in [5, 5.41) is 3.69. The predicted octanol–water partition coefficient (Wildman–Crippen LogP) is 4.02. The first kappa shape index (κ1) is 17.2. The number of nitrogens with one attached hydrogen (secondary N) is 1. The summed E-state index contributed by atoms with van der Waals surface area (Å²) >= 11 is 0. The van der Waals surface area contributed by atoms with Crippen molar-refractivity contribution in [3.05, 3.63) is 35.4 Å². The number of hydrogen-bond acceptors (Lipinski definition) is 2. The molecular formula is C18H32N2. The Balaban J connectivity index is 2.74. The van der Waals surface area contributed by atoms with E-state index in [9.17, 15) is 0 Å². The summed E-state index contributed by atoms with van der Waals surface area (Å²) in [5.41, 5.74) is 2.87. The van der Waals surface area contributed by atoms with Crippen LogP contribution in [-0.2, 0) is 6.42 Å². The largest absolute Gasteiger partial charge is 0.309 e. The normalized spacial score (nSPS) is 12.8. The zero-order chi connectivity index (χ0) is 14.8. The Morgan fingerprint density at radius 3 is 2.10 bits per heavy atom. The molecule has 2 nitrogen and oxygen atoms in total. The monoisotopic (exact) mass is 276 g/mol. The Kier molecular flexibility index (Phi) is 8.56. The lowest BCUT2D eigenvalue weighted by atomic mass is 10.0. The second kappa shape index (κ2) is 9.95. The lowest BCUT2D eigenvalue weighted by molar-refractivity contribution is 0.266. The van der Waals surface area contributed by atoms with Crippen molar-refractivity contribution in [3.63, 3.8) is 0 Å². The molecule has 0 saturated heterocycles. The summed E-state index contributed by atoms with van der Waals surface area (Å²) in [6.07, 6.45) is 3.59.